The number of amides is 1. The minimum atomic E-state index is 0.0249. The summed E-state index contributed by atoms with van der Waals surface area (Å²) in [4.78, 5) is 20.9. The van der Waals surface area contributed by atoms with Crippen molar-refractivity contribution in [3.8, 4) is 0 Å². The Hall–Kier alpha value is -2.03. The number of thioether (sulfide) groups is 2. The average Bonchev–Trinajstić information content (AvgIpc) is 3.06. The molecular formula is C20H17BrN4OS2. The Morgan fingerprint density at radius 1 is 1.21 bits per heavy atom. The van der Waals surface area contributed by atoms with Crippen molar-refractivity contribution in [2.75, 3.05) is 10.7 Å². The fourth-order valence-electron chi connectivity index (χ4n) is 2.87. The molecule has 0 bridgehead atoms. The largest absolute Gasteiger partial charge is 0.279 e. The molecular weight excluding hydrogens is 456 g/mol. The lowest BCUT2D eigenvalue weighted by Gasteiger charge is -2.19. The van der Waals surface area contributed by atoms with E-state index in [0.717, 1.165) is 37.1 Å². The Labute approximate surface area is 180 Å². The summed E-state index contributed by atoms with van der Waals surface area (Å²) in [6.07, 6.45) is 0. The van der Waals surface area contributed by atoms with E-state index in [2.05, 4.69) is 37.5 Å². The highest BCUT2D eigenvalue weighted by Crippen LogP contribution is 2.40. The number of nitrogens with one attached hydrogen (secondary N) is 1. The zero-order valence-corrected chi connectivity index (χ0v) is 18.5. The van der Waals surface area contributed by atoms with Gasteiger partial charge in [-0.05, 0) is 50.2 Å². The molecule has 1 saturated heterocycles. The Kier molecular flexibility index (Phi) is 5.61. The van der Waals surface area contributed by atoms with Crippen LogP contribution in [0.4, 0.5) is 11.4 Å². The van der Waals surface area contributed by atoms with Gasteiger partial charge in [-0.2, -0.15) is 0 Å². The monoisotopic (exact) mass is 472 g/mol. The van der Waals surface area contributed by atoms with Gasteiger partial charge in [-0.1, -0.05) is 51.6 Å². The number of hydrazone groups is 1. The van der Waals surface area contributed by atoms with E-state index in [9.17, 15) is 4.79 Å². The Bertz CT molecular complexity index is 1030. The van der Waals surface area contributed by atoms with E-state index in [-0.39, 0.29) is 5.91 Å². The van der Waals surface area contributed by atoms with Gasteiger partial charge in [0, 0.05) is 15.1 Å². The summed E-state index contributed by atoms with van der Waals surface area (Å²) in [6.45, 7) is 3.98. The number of halogens is 1. The van der Waals surface area contributed by atoms with Crippen LogP contribution in [-0.4, -0.2) is 22.5 Å². The van der Waals surface area contributed by atoms with Crippen molar-refractivity contribution in [1.29, 1.82) is 0 Å². The molecule has 2 heterocycles. The molecule has 2 aromatic carbocycles. The van der Waals surface area contributed by atoms with Crippen LogP contribution in [-0.2, 0) is 4.79 Å². The number of carbonyl (C=O) groups is 1. The van der Waals surface area contributed by atoms with E-state index in [1.54, 1.807) is 16.7 Å². The number of allylic oxidation sites excluding steroid dienone is 2. The standard InChI is InChI=1S/C20H17BrN4OS2/c1-12-19(28-17-6-4-3-5-16(17)22-12)13(2)23-24-20-25(18(26)11-27-20)15-9-7-14(21)8-10-15/h3-10,23H,11H2,1-2H3/b19-13-,24-20-. The van der Waals surface area contributed by atoms with Gasteiger partial charge >= 0.3 is 0 Å². The number of benzene rings is 2. The van der Waals surface area contributed by atoms with Crippen LogP contribution in [0.5, 0.6) is 0 Å². The van der Waals surface area contributed by atoms with Gasteiger partial charge in [0.1, 0.15) is 0 Å². The number of hydrogen-bond donors (Lipinski definition) is 1. The average molecular weight is 473 g/mol. The van der Waals surface area contributed by atoms with Crippen molar-refractivity contribution in [2.24, 2.45) is 10.1 Å². The summed E-state index contributed by atoms with van der Waals surface area (Å²) in [5.74, 6) is 0.409. The molecule has 28 heavy (non-hydrogen) atoms. The lowest BCUT2D eigenvalue weighted by molar-refractivity contribution is -0.115. The zero-order chi connectivity index (χ0) is 19.7. The molecule has 2 aliphatic rings. The van der Waals surface area contributed by atoms with Crippen LogP contribution in [0, 0.1) is 0 Å². The van der Waals surface area contributed by atoms with Crippen LogP contribution >= 0.6 is 39.5 Å². The van der Waals surface area contributed by atoms with Crippen molar-refractivity contribution in [1.82, 2.24) is 5.43 Å². The van der Waals surface area contributed by atoms with Crippen LogP contribution in [0.25, 0.3) is 0 Å². The second kappa shape index (κ2) is 8.14. The molecule has 142 valence electrons. The maximum absolute atomic E-state index is 12.4. The smallest absolute Gasteiger partial charge is 0.243 e. The van der Waals surface area contributed by atoms with Gasteiger partial charge in [-0.3, -0.25) is 20.1 Å². The fraction of sp³-hybridized carbons (Fsp3) is 0.150. The summed E-state index contributed by atoms with van der Waals surface area (Å²) >= 11 is 6.53. The number of fused-ring (bicyclic) bond motifs is 1. The maximum atomic E-state index is 12.4. The number of aliphatic imine (C=N–C) groups is 1. The number of anilines is 1. The Morgan fingerprint density at radius 3 is 2.75 bits per heavy atom. The lowest BCUT2D eigenvalue weighted by Crippen LogP contribution is -2.30. The number of para-hydroxylation sites is 1. The first kappa shape index (κ1) is 19.3. The van der Waals surface area contributed by atoms with Gasteiger partial charge in [0.05, 0.1) is 27.7 Å². The highest BCUT2D eigenvalue weighted by atomic mass is 79.9. The molecule has 2 aromatic rings. The van der Waals surface area contributed by atoms with Gasteiger partial charge in [0.25, 0.3) is 0 Å². The van der Waals surface area contributed by atoms with Gasteiger partial charge in [0.15, 0.2) is 5.17 Å². The van der Waals surface area contributed by atoms with Crippen molar-refractivity contribution in [3.05, 3.63) is 63.6 Å². The quantitative estimate of drug-likeness (QED) is 0.597. The molecule has 0 spiro atoms. The third kappa shape index (κ3) is 3.90. The van der Waals surface area contributed by atoms with Crippen LogP contribution < -0.4 is 10.3 Å². The number of nitrogens with zero attached hydrogens (tertiary/aromatic N) is 3. The van der Waals surface area contributed by atoms with Crippen molar-refractivity contribution in [2.45, 2.75) is 18.7 Å². The van der Waals surface area contributed by atoms with Gasteiger partial charge in [-0.25, -0.2) is 0 Å². The summed E-state index contributed by atoms with van der Waals surface area (Å²) in [7, 11) is 0. The van der Waals surface area contributed by atoms with Crippen molar-refractivity contribution in [3.63, 3.8) is 0 Å². The lowest BCUT2D eigenvalue weighted by atomic mass is 10.3. The molecule has 4 rings (SSSR count). The number of amidine groups is 1. The molecule has 2 aliphatic heterocycles. The van der Waals surface area contributed by atoms with E-state index in [4.69, 9.17) is 0 Å². The molecule has 0 unspecified atom stereocenters. The maximum Gasteiger partial charge on any atom is 0.243 e. The van der Waals surface area contributed by atoms with Crippen LogP contribution in [0.2, 0.25) is 0 Å². The first-order valence-electron chi connectivity index (χ1n) is 8.61. The van der Waals surface area contributed by atoms with E-state index in [1.807, 2.05) is 56.3 Å². The minimum Gasteiger partial charge on any atom is -0.279 e. The Balaban J connectivity index is 1.58. The number of hydrogen-bond acceptors (Lipinski definition) is 6. The second-order valence-electron chi connectivity index (χ2n) is 6.22. The van der Waals surface area contributed by atoms with Gasteiger partial charge < -0.3 is 0 Å². The van der Waals surface area contributed by atoms with Crippen molar-refractivity contribution < 1.29 is 4.79 Å². The van der Waals surface area contributed by atoms with Crippen LogP contribution in [0.3, 0.4) is 0 Å². The third-order valence-corrected chi connectivity index (χ3v) is 7.03. The topological polar surface area (TPSA) is 57.1 Å². The van der Waals surface area contributed by atoms with E-state index in [0.29, 0.717) is 10.9 Å². The second-order valence-corrected chi connectivity index (χ2v) is 9.13. The highest BCUT2D eigenvalue weighted by molar-refractivity contribution is 9.10. The van der Waals surface area contributed by atoms with Gasteiger partial charge in [0.2, 0.25) is 5.91 Å². The molecule has 5 nitrogen and oxygen atoms in total. The minimum absolute atomic E-state index is 0.0249. The third-order valence-electron chi connectivity index (χ3n) is 4.20. The first-order valence-corrected chi connectivity index (χ1v) is 11.2. The molecule has 1 amide bonds. The fourth-order valence-corrected chi connectivity index (χ4v) is 4.94. The predicted octanol–water partition coefficient (Wildman–Crippen LogP) is 5.52. The zero-order valence-electron chi connectivity index (χ0n) is 15.3. The van der Waals surface area contributed by atoms with E-state index in [1.165, 1.54) is 11.8 Å². The normalized spacial score (nSPS) is 19.5. The molecule has 1 N–H and O–H groups in total. The molecule has 0 atom stereocenters. The molecule has 0 aliphatic carbocycles. The van der Waals surface area contributed by atoms with Crippen molar-refractivity contribution >= 4 is 67.6 Å². The van der Waals surface area contributed by atoms with Crippen LogP contribution in [0.1, 0.15) is 13.8 Å². The molecule has 0 saturated carbocycles. The summed E-state index contributed by atoms with van der Waals surface area (Å²) in [5.41, 5.74) is 6.79. The van der Waals surface area contributed by atoms with E-state index >= 15 is 0 Å². The summed E-state index contributed by atoms with van der Waals surface area (Å²) in [5, 5.41) is 5.16. The molecule has 1 fully saturated rings. The van der Waals surface area contributed by atoms with Gasteiger partial charge in [-0.15, -0.1) is 5.10 Å². The number of rotatable bonds is 3. The summed E-state index contributed by atoms with van der Waals surface area (Å²) < 4.78 is 0.970. The number of carbonyl (C=O) groups excluding carboxylic acids is 1. The highest BCUT2D eigenvalue weighted by Gasteiger charge is 2.30. The van der Waals surface area contributed by atoms with E-state index < -0.39 is 0 Å². The predicted molar refractivity (Wildman–Crippen MR) is 122 cm³/mol. The molecule has 8 heteroatoms. The molecule has 0 radical (unpaired) electrons. The van der Waals surface area contributed by atoms with Crippen LogP contribution in [0.15, 0.2) is 78.6 Å². The Morgan fingerprint density at radius 2 is 1.96 bits per heavy atom. The SMILES string of the molecule is CC1=Nc2ccccc2S/C1=C(/C)N/N=C1\SCC(=O)N1c1ccc(Br)cc1. The summed E-state index contributed by atoms with van der Waals surface area (Å²) in [6, 6.07) is 15.7. The molecule has 0 aromatic heterocycles. The first-order chi connectivity index (χ1) is 13.5.